The molecule has 0 radical (unpaired) electrons. The van der Waals surface area contributed by atoms with Gasteiger partial charge in [0, 0.05) is 6.92 Å². The Morgan fingerprint density at radius 1 is 0.593 bits per heavy atom. The summed E-state index contributed by atoms with van der Waals surface area (Å²) in [7, 11) is 0. The third-order valence-corrected chi connectivity index (χ3v) is 11.1. The summed E-state index contributed by atoms with van der Waals surface area (Å²) in [6.45, 7) is 0.708. The molecular weight excluding hydrogens is 782 g/mol. The Labute approximate surface area is 346 Å². The van der Waals surface area contributed by atoms with Crippen molar-refractivity contribution >= 4 is 5.91 Å². The molecule has 12 N–H and O–H groups in total. The minimum atomic E-state index is -1.97. The van der Waals surface area contributed by atoms with Crippen LogP contribution in [0, 0.1) is 0 Å². The van der Waals surface area contributed by atoms with Crippen LogP contribution >= 0.6 is 0 Å². The van der Waals surface area contributed by atoms with E-state index >= 15 is 0 Å². The number of aliphatic hydroxyl groups excluding tert-OH is 11. The Morgan fingerprint density at radius 2 is 1.02 bits per heavy atom. The topological polar surface area (TPSA) is 307 Å². The maximum absolute atomic E-state index is 12.0. The second-order valence-electron chi connectivity index (χ2n) is 15.9. The molecule has 3 aliphatic rings. The second kappa shape index (κ2) is 27.6. The summed E-state index contributed by atoms with van der Waals surface area (Å²) in [4.78, 5) is 12.0. The summed E-state index contributed by atoms with van der Waals surface area (Å²) in [5, 5.41) is 118. The van der Waals surface area contributed by atoms with Gasteiger partial charge in [0.2, 0.25) is 5.91 Å². The van der Waals surface area contributed by atoms with E-state index in [2.05, 4.69) is 12.2 Å². The lowest BCUT2D eigenvalue weighted by Crippen LogP contribution is -2.66. The maximum Gasteiger partial charge on any atom is 0.217 e. The summed E-state index contributed by atoms with van der Waals surface area (Å²) in [5.41, 5.74) is 0. The fraction of sp³-hybridized carbons (Fsp3) is 0.925. The predicted molar refractivity (Wildman–Crippen MR) is 208 cm³/mol. The number of aliphatic hydroxyl groups is 11. The van der Waals surface area contributed by atoms with Crippen molar-refractivity contribution in [1.82, 2.24) is 5.32 Å². The minimum Gasteiger partial charge on any atom is -0.394 e. The standard InChI is InChI=1S/C40H73NO18/c1-3-4-5-6-7-8-9-10-11-12-13-14-15-16-17-18-25(46)24(41-23(2)45)22-54-38-34(52)31(49)36(27(20-43)56-38)59-40-35(53)32(50)37(28(21-44)57-40)58-39-33(51)30(48)29(47)26(19-42)55-39/h17-18,24-40,42-44,46-53H,3-16,19-22H2,1-2H3,(H,41,45)/b18-17+. The van der Waals surface area contributed by atoms with Crippen molar-refractivity contribution in [3.05, 3.63) is 12.2 Å². The first-order valence-corrected chi connectivity index (χ1v) is 21.4. The van der Waals surface area contributed by atoms with Crippen molar-refractivity contribution in [3.63, 3.8) is 0 Å². The van der Waals surface area contributed by atoms with Crippen molar-refractivity contribution in [3.8, 4) is 0 Å². The number of carbonyl (C=O) groups is 1. The Kier molecular flexibility index (Phi) is 24.2. The molecule has 0 saturated carbocycles. The Balaban J connectivity index is 1.48. The molecule has 3 rings (SSSR count). The molecule has 0 spiro atoms. The lowest BCUT2D eigenvalue weighted by atomic mass is 9.96. The van der Waals surface area contributed by atoms with Gasteiger partial charge >= 0.3 is 0 Å². The van der Waals surface area contributed by atoms with E-state index in [9.17, 15) is 61.0 Å². The lowest BCUT2D eigenvalue weighted by Gasteiger charge is -2.48. The van der Waals surface area contributed by atoms with Crippen molar-refractivity contribution in [2.24, 2.45) is 0 Å². The van der Waals surface area contributed by atoms with Crippen molar-refractivity contribution in [2.45, 2.75) is 208 Å². The van der Waals surface area contributed by atoms with Crippen LogP contribution in [0.1, 0.15) is 104 Å². The molecule has 17 unspecified atom stereocenters. The number of hydrogen-bond acceptors (Lipinski definition) is 18. The van der Waals surface area contributed by atoms with Gasteiger partial charge < -0.3 is 89.9 Å². The third-order valence-electron chi connectivity index (χ3n) is 11.1. The molecular formula is C40H73NO18. The van der Waals surface area contributed by atoms with E-state index in [1.165, 1.54) is 71.1 Å². The molecule has 0 aromatic heterocycles. The van der Waals surface area contributed by atoms with Gasteiger partial charge in [0.25, 0.3) is 0 Å². The zero-order valence-corrected chi connectivity index (χ0v) is 34.5. The fourth-order valence-electron chi connectivity index (χ4n) is 7.52. The quantitative estimate of drug-likeness (QED) is 0.0326. The number of carbonyl (C=O) groups excluding carboxylic acids is 1. The number of allylic oxidation sites excluding steroid dienone is 1. The molecule has 3 saturated heterocycles. The average molecular weight is 856 g/mol. The molecule has 19 nitrogen and oxygen atoms in total. The van der Waals surface area contributed by atoms with Gasteiger partial charge in [-0.1, -0.05) is 96.1 Å². The molecule has 1 amide bonds. The smallest absolute Gasteiger partial charge is 0.217 e. The first-order chi connectivity index (χ1) is 28.3. The molecule has 0 aliphatic carbocycles. The summed E-state index contributed by atoms with van der Waals surface area (Å²) >= 11 is 0. The van der Waals surface area contributed by atoms with Crippen LogP contribution in [0.15, 0.2) is 12.2 Å². The predicted octanol–water partition coefficient (Wildman–Crippen LogP) is -1.65. The van der Waals surface area contributed by atoms with Crippen molar-refractivity contribution in [1.29, 1.82) is 0 Å². The van der Waals surface area contributed by atoms with Crippen LogP contribution in [0.2, 0.25) is 0 Å². The van der Waals surface area contributed by atoms with Crippen LogP contribution in [0.4, 0.5) is 0 Å². The highest BCUT2D eigenvalue weighted by molar-refractivity contribution is 5.73. The van der Waals surface area contributed by atoms with Crippen LogP contribution in [0.5, 0.6) is 0 Å². The van der Waals surface area contributed by atoms with E-state index in [0.29, 0.717) is 0 Å². The molecule has 3 fully saturated rings. The van der Waals surface area contributed by atoms with Crippen LogP contribution in [-0.4, -0.2) is 193 Å². The van der Waals surface area contributed by atoms with Crippen molar-refractivity contribution in [2.75, 3.05) is 26.4 Å². The van der Waals surface area contributed by atoms with E-state index in [1.54, 1.807) is 6.08 Å². The minimum absolute atomic E-state index is 0.368. The van der Waals surface area contributed by atoms with Crippen molar-refractivity contribution < 1.29 is 89.4 Å². The normalized spacial score (nSPS) is 36.5. The van der Waals surface area contributed by atoms with Crippen LogP contribution in [0.3, 0.4) is 0 Å². The van der Waals surface area contributed by atoms with E-state index < -0.39 is 130 Å². The van der Waals surface area contributed by atoms with E-state index in [1.807, 2.05) is 6.08 Å². The molecule has 3 aliphatic heterocycles. The van der Waals surface area contributed by atoms with E-state index in [-0.39, 0.29) is 6.61 Å². The van der Waals surface area contributed by atoms with Gasteiger partial charge in [-0.3, -0.25) is 4.79 Å². The highest BCUT2D eigenvalue weighted by Gasteiger charge is 2.53. The number of unbranched alkanes of at least 4 members (excludes halogenated alkanes) is 13. The van der Waals surface area contributed by atoms with E-state index in [0.717, 1.165) is 25.7 Å². The molecule has 59 heavy (non-hydrogen) atoms. The zero-order valence-electron chi connectivity index (χ0n) is 34.5. The SMILES string of the molecule is CCCCCCCCCCCCCCC/C=C/C(O)C(COC1OC(CO)C(OC2OC(CO)C(OC3OC(CO)C(O)C(O)C3O)C(O)C2O)C(O)C1O)NC(C)=O. The monoisotopic (exact) mass is 855 g/mol. The molecule has 3 heterocycles. The summed E-state index contributed by atoms with van der Waals surface area (Å²) in [6, 6.07) is -0.967. The molecule has 17 atom stereocenters. The number of amides is 1. The Hall–Kier alpha value is -1.47. The first kappa shape index (κ1) is 51.9. The van der Waals surface area contributed by atoms with Gasteiger partial charge in [-0.2, -0.15) is 0 Å². The molecule has 0 aromatic rings. The maximum atomic E-state index is 12.0. The van der Waals surface area contributed by atoms with Crippen LogP contribution in [-0.2, 0) is 33.2 Å². The summed E-state index contributed by atoms with van der Waals surface area (Å²) in [5.74, 6) is -0.454. The van der Waals surface area contributed by atoms with Gasteiger partial charge in [0.15, 0.2) is 18.9 Å². The number of rotatable bonds is 27. The van der Waals surface area contributed by atoms with Gasteiger partial charge in [0.05, 0.1) is 38.6 Å². The van der Waals surface area contributed by atoms with Gasteiger partial charge in [-0.25, -0.2) is 0 Å². The molecule has 19 heteroatoms. The highest BCUT2D eigenvalue weighted by atomic mass is 16.8. The summed E-state index contributed by atoms with van der Waals surface area (Å²) < 4.78 is 33.5. The zero-order chi connectivity index (χ0) is 43.5. The third kappa shape index (κ3) is 16.0. The summed E-state index contributed by atoms with van der Waals surface area (Å²) in [6.07, 6.45) is -6.46. The molecule has 0 bridgehead atoms. The fourth-order valence-corrected chi connectivity index (χ4v) is 7.52. The number of hydrogen-bond donors (Lipinski definition) is 12. The van der Waals surface area contributed by atoms with Gasteiger partial charge in [-0.05, 0) is 12.8 Å². The second-order valence-corrected chi connectivity index (χ2v) is 15.9. The van der Waals surface area contributed by atoms with Crippen LogP contribution in [0.25, 0.3) is 0 Å². The lowest BCUT2D eigenvalue weighted by molar-refractivity contribution is -0.379. The molecule has 346 valence electrons. The van der Waals surface area contributed by atoms with Gasteiger partial charge in [-0.15, -0.1) is 0 Å². The number of nitrogens with one attached hydrogen (secondary N) is 1. The van der Waals surface area contributed by atoms with Gasteiger partial charge in [0.1, 0.15) is 73.2 Å². The Morgan fingerprint density at radius 3 is 1.49 bits per heavy atom. The van der Waals surface area contributed by atoms with E-state index in [4.69, 9.17) is 28.4 Å². The Bertz CT molecular complexity index is 1170. The number of ether oxygens (including phenoxy) is 6. The first-order valence-electron chi connectivity index (χ1n) is 21.4. The largest absolute Gasteiger partial charge is 0.394 e. The van der Waals surface area contributed by atoms with Crippen LogP contribution < -0.4 is 5.32 Å². The molecule has 0 aromatic carbocycles. The highest BCUT2D eigenvalue weighted by Crippen LogP contribution is 2.33. The average Bonchev–Trinajstić information content (AvgIpc) is 3.22.